The van der Waals surface area contributed by atoms with E-state index in [1.165, 1.54) is 11.0 Å². The molecule has 2 aromatic carbocycles. The van der Waals surface area contributed by atoms with Crippen LogP contribution in [0.4, 0.5) is 5.69 Å². The van der Waals surface area contributed by atoms with E-state index in [0.717, 1.165) is 35.2 Å². The van der Waals surface area contributed by atoms with Crippen LogP contribution in [-0.2, 0) is 9.59 Å². The van der Waals surface area contributed by atoms with Crippen LogP contribution in [0.3, 0.4) is 0 Å². The highest BCUT2D eigenvalue weighted by Crippen LogP contribution is 2.28. The van der Waals surface area contributed by atoms with E-state index in [9.17, 15) is 9.59 Å². The fraction of sp³-hybridized carbons (Fsp3) is 0.360. The van der Waals surface area contributed by atoms with E-state index < -0.39 is 0 Å². The number of carbonyl (C=O) groups is 2. The number of aryl methyl sites for hydroxylation is 2. The van der Waals surface area contributed by atoms with E-state index in [4.69, 9.17) is 9.47 Å². The number of ether oxygens (including phenoxy) is 2. The first kappa shape index (κ1) is 24.0. The Bertz CT molecular complexity index is 917. The van der Waals surface area contributed by atoms with Crippen molar-refractivity contribution in [3.05, 3.63) is 59.2 Å². The molecule has 0 atom stereocenters. The van der Waals surface area contributed by atoms with Crippen LogP contribution in [0.25, 0.3) is 6.08 Å². The summed E-state index contributed by atoms with van der Waals surface area (Å²) in [5.41, 5.74) is 3.57. The highest BCUT2D eigenvalue weighted by molar-refractivity contribution is 5.98. The molecule has 0 fully saturated rings. The first-order valence-corrected chi connectivity index (χ1v) is 10.5. The lowest BCUT2D eigenvalue weighted by atomic mass is 10.1. The van der Waals surface area contributed by atoms with Crippen molar-refractivity contribution >= 4 is 23.6 Å². The molecule has 1 N–H and O–H groups in total. The zero-order valence-electron chi connectivity index (χ0n) is 19.0. The Morgan fingerprint density at radius 3 is 2.45 bits per heavy atom. The van der Waals surface area contributed by atoms with Crippen molar-refractivity contribution in [2.45, 2.75) is 33.6 Å². The van der Waals surface area contributed by atoms with Crippen LogP contribution in [0.5, 0.6) is 11.5 Å². The number of methoxy groups -OCH3 is 1. The van der Waals surface area contributed by atoms with Gasteiger partial charge in [-0.2, -0.15) is 0 Å². The molecule has 0 bridgehead atoms. The second-order valence-electron chi connectivity index (χ2n) is 7.45. The van der Waals surface area contributed by atoms with Gasteiger partial charge in [-0.25, -0.2) is 0 Å². The second-order valence-corrected chi connectivity index (χ2v) is 7.45. The van der Waals surface area contributed by atoms with Gasteiger partial charge in [0.05, 0.1) is 20.3 Å². The number of unbranched alkanes of at least 4 members (excludes halogenated alkanes) is 1. The summed E-state index contributed by atoms with van der Waals surface area (Å²) in [6, 6.07) is 11.3. The number of nitrogens with one attached hydrogen (secondary N) is 1. The molecule has 0 saturated carbocycles. The van der Waals surface area contributed by atoms with Crippen molar-refractivity contribution in [2.24, 2.45) is 0 Å². The average molecular weight is 425 g/mol. The molecule has 0 aliphatic heterocycles. The summed E-state index contributed by atoms with van der Waals surface area (Å²) in [5, 5.41) is 2.89. The smallest absolute Gasteiger partial charge is 0.246 e. The van der Waals surface area contributed by atoms with E-state index in [-0.39, 0.29) is 18.4 Å². The van der Waals surface area contributed by atoms with E-state index in [1.807, 2.05) is 50.2 Å². The molecule has 6 heteroatoms. The molecule has 0 aliphatic carbocycles. The molecule has 2 aromatic rings. The minimum Gasteiger partial charge on any atom is -0.493 e. The summed E-state index contributed by atoms with van der Waals surface area (Å²) in [4.78, 5) is 26.2. The lowest BCUT2D eigenvalue weighted by Gasteiger charge is -2.16. The number of likely N-dealkylation sites (N-methyl/N-ethyl adjacent to an activating group) is 1. The monoisotopic (exact) mass is 424 g/mol. The highest BCUT2D eigenvalue weighted by Gasteiger charge is 2.13. The Morgan fingerprint density at radius 1 is 1.10 bits per heavy atom. The summed E-state index contributed by atoms with van der Waals surface area (Å²) in [6.07, 6.45) is 5.17. The third-order valence-electron chi connectivity index (χ3n) is 4.86. The van der Waals surface area contributed by atoms with Crippen LogP contribution in [0.1, 0.15) is 36.5 Å². The number of amides is 2. The van der Waals surface area contributed by atoms with Gasteiger partial charge in [0, 0.05) is 18.8 Å². The molecule has 0 aromatic heterocycles. The van der Waals surface area contributed by atoms with Crippen LogP contribution in [0.15, 0.2) is 42.5 Å². The van der Waals surface area contributed by atoms with Crippen molar-refractivity contribution in [2.75, 3.05) is 32.6 Å². The van der Waals surface area contributed by atoms with E-state index in [2.05, 4.69) is 12.2 Å². The quantitative estimate of drug-likeness (QED) is 0.447. The molecule has 2 rings (SSSR count). The predicted octanol–water partition coefficient (Wildman–Crippen LogP) is 4.60. The molecule has 0 aliphatic rings. The van der Waals surface area contributed by atoms with Crippen LogP contribution in [0.2, 0.25) is 0 Å². The average Bonchev–Trinajstić information content (AvgIpc) is 2.75. The number of anilines is 1. The normalized spacial score (nSPS) is 10.7. The molecule has 0 saturated heterocycles. The van der Waals surface area contributed by atoms with Crippen LogP contribution < -0.4 is 14.8 Å². The molecule has 0 unspecified atom stereocenters. The Labute approximate surface area is 184 Å². The standard InChI is InChI=1S/C25H32N2O4/c1-6-7-15-31-21-13-11-20(16-22(21)30-5)12-14-24(29)27(4)17-23(28)26-25-18(2)9-8-10-19(25)3/h8-14,16H,6-7,15,17H2,1-5H3,(H,26,28)/b14-12+. The van der Waals surface area contributed by atoms with Gasteiger partial charge in [-0.15, -0.1) is 0 Å². The van der Waals surface area contributed by atoms with Gasteiger partial charge in [-0.3, -0.25) is 9.59 Å². The minimum atomic E-state index is -0.265. The summed E-state index contributed by atoms with van der Waals surface area (Å²) >= 11 is 0. The third kappa shape index (κ3) is 7.17. The van der Waals surface area contributed by atoms with Gasteiger partial charge < -0.3 is 19.7 Å². The van der Waals surface area contributed by atoms with E-state index in [0.29, 0.717) is 18.1 Å². The second kappa shape index (κ2) is 11.8. The van der Waals surface area contributed by atoms with E-state index in [1.54, 1.807) is 20.2 Å². The Kier molecular flexibility index (Phi) is 9.13. The SMILES string of the molecule is CCCCOc1ccc(/C=C/C(=O)N(C)CC(=O)Nc2c(C)cccc2C)cc1OC. The molecule has 166 valence electrons. The molecule has 31 heavy (non-hydrogen) atoms. The maximum atomic E-state index is 12.4. The number of benzene rings is 2. The number of para-hydroxylation sites is 1. The van der Waals surface area contributed by atoms with E-state index >= 15 is 0 Å². The Balaban J connectivity index is 1.96. The summed E-state index contributed by atoms with van der Waals surface area (Å²) in [6.45, 7) is 6.58. The van der Waals surface area contributed by atoms with Crippen molar-refractivity contribution in [3.63, 3.8) is 0 Å². The van der Waals surface area contributed by atoms with Crippen molar-refractivity contribution < 1.29 is 19.1 Å². The first-order chi connectivity index (χ1) is 14.8. The van der Waals surface area contributed by atoms with Gasteiger partial charge in [0.25, 0.3) is 0 Å². The summed E-state index contributed by atoms with van der Waals surface area (Å²) < 4.78 is 11.1. The number of nitrogens with zero attached hydrogens (tertiary/aromatic N) is 1. The van der Waals surface area contributed by atoms with Crippen molar-refractivity contribution in [3.8, 4) is 11.5 Å². The number of carbonyl (C=O) groups excluding carboxylic acids is 2. The van der Waals surface area contributed by atoms with Crippen LogP contribution in [0, 0.1) is 13.8 Å². The van der Waals surface area contributed by atoms with Crippen LogP contribution in [-0.4, -0.2) is 44.0 Å². The summed E-state index contributed by atoms with van der Waals surface area (Å²) in [7, 11) is 3.19. The van der Waals surface area contributed by atoms with Crippen molar-refractivity contribution in [1.29, 1.82) is 0 Å². The van der Waals surface area contributed by atoms with Gasteiger partial charge in [0.2, 0.25) is 11.8 Å². The molecule has 6 nitrogen and oxygen atoms in total. The topological polar surface area (TPSA) is 67.9 Å². The zero-order chi connectivity index (χ0) is 22.8. The lowest BCUT2D eigenvalue weighted by molar-refractivity contribution is -0.129. The van der Waals surface area contributed by atoms with Gasteiger partial charge in [-0.1, -0.05) is 37.6 Å². The van der Waals surface area contributed by atoms with Crippen molar-refractivity contribution in [1.82, 2.24) is 4.90 Å². The molecule has 2 amide bonds. The lowest BCUT2D eigenvalue weighted by Crippen LogP contribution is -2.34. The molecule has 0 spiro atoms. The van der Waals surface area contributed by atoms with Crippen LogP contribution >= 0.6 is 0 Å². The third-order valence-corrected chi connectivity index (χ3v) is 4.86. The van der Waals surface area contributed by atoms with Gasteiger partial charge >= 0.3 is 0 Å². The first-order valence-electron chi connectivity index (χ1n) is 10.5. The molecule has 0 radical (unpaired) electrons. The fourth-order valence-corrected chi connectivity index (χ4v) is 3.01. The maximum Gasteiger partial charge on any atom is 0.246 e. The van der Waals surface area contributed by atoms with Gasteiger partial charge in [-0.05, 0) is 55.2 Å². The molecular weight excluding hydrogens is 392 g/mol. The largest absolute Gasteiger partial charge is 0.493 e. The minimum absolute atomic E-state index is 0.0372. The fourth-order valence-electron chi connectivity index (χ4n) is 3.01. The van der Waals surface area contributed by atoms with Gasteiger partial charge in [0.1, 0.15) is 0 Å². The number of rotatable bonds is 10. The van der Waals surface area contributed by atoms with Gasteiger partial charge in [0.15, 0.2) is 11.5 Å². The zero-order valence-corrected chi connectivity index (χ0v) is 19.0. The number of hydrogen-bond acceptors (Lipinski definition) is 4. The Hall–Kier alpha value is -3.28. The molecule has 0 heterocycles. The Morgan fingerprint density at radius 2 is 1.81 bits per heavy atom. The summed E-state index contributed by atoms with van der Waals surface area (Å²) in [5.74, 6) is 0.794. The maximum absolute atomic E-state index is 12.4. The predicted molar refractivity (Wildman–Crippen MR) is 125 cm³/mol. The number of hydrogen-bond donors (Lipinski definition) is 1. The molecular formula is C25H32N2O4. The highest BCUT2D eigenvalue weighted by atomic mass is 16.5.